The fourth-order valence-electron chi connectivity index (χ4n) is 7.16. The number of carbonyl (C=O) groups is 1. The number of hydrogen-bond acceptors (Lipinski definition) is 11. The molecule has 1 aromatic carbocycles. The average Bonchev–Trinajstić information content (AvgIpc) is 3.13. The van der Waals surface area contributed by atoms with Crippen molar-refractivity contribution < 1.29 is 51.8 Å². The molecule has 12 heteroatoms. The molecule has 0 radical (unpaired) electrons. The van der Waals surface area contributed by atoms with E-state index >= 15 is 0 Å². The van der Waals surface area contributed by atoms with Crippen molar-refractivity contribution in [2.75, 3.05) is 0 Å². The fraction of sp³-hybridized carbons (Fsp3) is 0.708. The number of carbonyl (C=O) groups excluding carboxylic acids is 1. The maximum atomic E-state index is 11.3. The summed E-state index contributed by atoms with van der Waals surface area (Å²) in [5, 5.41) is 41.3. The molecular formula is C24H30O11S-2. The molecule has 1 aliphatic heterocycles. The molecule has 4 aliphatic rings. The van der Waals surface area contributed by atoms with E-state index in [0.717, 1.165) is 43.2 Å². The molecule has 0 unspecified atom stereocenters. The van der Waals surface area contributed by atoms with Crippen LogP contribution in [0.5, 0.6) is 5.75 Å². The van der Waals surface area contributed by atoms with Crippen molar-refractivity contribution in [2.24, 2.45) is 17.3 Å². The second kappa shape index (κ2) is 9.19. The lowest BCUT2D eigenvalue weighted by molar-refractivity contribution is -0.342. The Morgan fingerprint density at radius 1 is 1.11 bits per heavy atom. The van der Waals surface area contributed by atoms with E-state index < -0.39 is 53.2 Å². The van der Waals surface area contributed by atoms with Crippen molar-refractivity contribution in [3.63, 3.8) is 0 Å². The van der Waals surface area contributed by atoms with Crippen molar-refractivity contribution in [3.05, 3.63) is 29.3 Å². The van der Waals surface area contributed by atoms with Gasteiger partial charge in [-0.1, -0.05) is 13.0 Å². The fourth-order valence-corrected chi connectivity index (χ4v) is 7.76. The number of aliphatic carboxylic acids is 1. The number of carboxylic acids is 1. The molecule has 36 heavy (non-hydrogen) atoms. The summed E-state index contributed by atoms with van der Waals surface area (Å²) in [5.41, 5.74) is 1.84. The van der Waals surface area contributed by atoms with Crippen molar-refractivity contribution in [1.82, 2.24) is 0 Å². The van der Waals surface area contributed by atoms with Gasteiger partial charge in [0.25, 0.3) is 0 Å². The largest absolute Gasteiger partial charge is 0.726 e. The van der Waals surface area contributed by atoms with Crippen molar-refractivity contribution >= 4 is 16.4 Å². The molecule has 0 aromatic heterocycles. The van der Waals surface area contributed by atoms with Gasteiger partial charge in [-0.3, -0.25) is 4.18 Å². The predicted molar refractivity (Wildman–Crippen MR) is 118 cm³/mol. The Morgan fingerprint density at radius 2 is 1.86 bits per heavy atom. The van der Waals surface area contributed by atoms with Gasteiger partial charge in [-0.05, 0) is 85.0 Å². The van der Waals surface area contributed by atoms with Crippen LogP contribution < -0.4 is 9.84 Å². The van der Waals surface area contributed by atoms with Gasteiger partial charge >= 0.3 is 0 Å². The predicted octanol–water partition coefficient (Wildman–Crippen LogP) is -0.676. The minimum atomic E-state index is -4.77. The lowest BCUT2D eigenvalue weighted by atomic mass is 9.55. The summed E-state index contributed by atoms with van der Waals surface area (Å²) in [7, 11) is -4.77. The zero-order chi connectivity index (χ0) is 26.0. The summed E-state index contributed by atoms with van der Waals surface area (Å²) < 4.78 is 49.6. The third kappa shape index (κ3) is 4.42. The van der Waals surface area contributed by atoms with Gasteiger partial charge in [-0.25, -0.2) is 8.42 Å². The van der Waals surface area contributed by atoms with Crippen LogP contribution in [0, 0.1) is 17.3 Å². The van der Waals surface area contributed by atoms with E-state index in [9.17, 15) is 38.2 Å². The van der Waals surface area contributed by atoms with Crippen LogP contribution in [-0.2, 0) is 30.5 Å². The van der Waals surface area contributed by atoms with Crippen LogP contribution in [0.4, 0.5) is 0 Å². The Kier molecular flexibility index (Phi) is 6.60. The smallest absolute Gasteiger partial charge is 0.229 e. The Balaban J connectivity index is 1.32. The first-order valence-corrected chi connectivity index (χ1v) is 13.6. The van der Waals surface area contributed by atoms with Crippen LogP contribution in [0.25, 0.3) is 0 Å². The molecule has 5 rings (SSSR count). The number of hydrogen-bond donors (Lipinski definition) is 3. The normalized spacial score (nSPS) is 42.2. The van der Waals surface area contributed by atoms with Crippen molar-refractivity contribution in [2.45, 2.75) is 88.2 Å². The third-order valence-electron chi connectivity index (χ3n) is 8.90. The van der Waals surface area contributed by atoms with Gasteiger partial charge in [0.05, 0.1) is 12.1 Å². The Hall–Kier alpha value is -1.80. The van der Waals surface area contributed by atoms with Crippen LogP contribution in [-0.4, -0.2) is 71.1 Å². The minimum Gasteiger partial charge on any atom is -0.726 e. The molecule has 3 fully saturated rings. The van der Waals surface area contributed by atoms with Crippen LogP contribution >= 0.6 is 0 Å². The number of benzene rings is 1. The second-order valence-corrected chi connectivity index (χ2v) is 11.7. The number of aliphatic hydroxyl groups excluding tert-OH is 3. The number of ether oxygens (including phenoxy) is 2. The number of fused-ring (bicyclic) bond motifs is 5. The highest BCUT2D eigenvalue weighted by atomic mass is 32.3. The average molecular weight is 527 g/mol. The summed E-state index contributed by atoms with van der Waals surface area (Å²) in [6.45, 7) is 2.03. The highest BCUT2D eigenvalue weighted by Crippen LogP contribution is 2.61. The molecule has 2 saturated carbocycles. The molecule has 0 bridgehead atoms. The Bertz CT molecular complexity index is 1120. The van der Waals surface area contributed by atoms with Gasteiger partial charge in [0.2, 0.25) is 16.7 Å². The second-order valence-electron chi connectivity index (χ2n) is 10.7. The van der Waals surface area contributed by atoms with Gasteiger partial charge in [0.1, 0.15) is 30.2 Å². The third-order valence-corrected chi connectivity index (χ3v) is 9.37. The summed E-state index contributed by atoms with van der Waals surface area (Å²) in [6, 6.07) is 5.44. The van der Waals surface area contributed by atoms with Gasteiger partial charge < -0.3 is 39.2 Å². The monoisotopic (exact) mass is 526 g/mol. The molecule has 0 amide bonds. The van der Waals surface area contributed by atoms with E-state index in [-0.39, 0.29) is 17.3 Å². The standard InChI is InChI=1S/C24H32O11S/c1-24-9-8-14-13-5-3-12(33-23-20(27)18(25)19(26)21(34-23)22(28)29)10-11(13)2-4-15(14)16(24)6-7-17(24)35-36(30,31)32/h3,5,10,14-21,23,25-27H,2,4,6-9H2,1H3,(H,28,29)(H,30,31,32)/p-2/t14-,15-,16+,17+,18+,19+,20-,21+,23-,24+/m1/s1. The SMILES string of the molecule is C[C@]12CC[C@@H]3c4ccc(O[C@@H]5O[C@H](C(=O)[O-])[C@@H](O)[C@H](O)[C@H]5O)cc4CC[C@H]3[C@@H]1CC[C@@H]2OS(=O)(=O)[O-]. The molecule has 1 aromatic rings. The van der Waals surface area contributed by atoms with Gasteiger partial charge in [0.15, 0.2) is 0 Å². The van der Waals surface area contributed by atoms with Crippen LogP contribution in [0.15, 0.2) is 18.2 Å². The maximum Gasteiger partial charge on any atom is 0.229 e. The molecule has 11 nitrogen and oxygen atoms in total. The van der Waals surface area contributed by atoms with Crippen LogP contribution in [0.1, 0.15) is 56.1 Å². The summed E-state index contributed by atoms with van der Waals surface area (Å²) in [5.74, 6) is -0.565. The van der Waals surface area contributed by atoms with Gasteiger partial charge in [0, 0.05) is 0 Å². The van der Waals surface area contributed by atoms with E-state index in [2.05, 4.69) is 0 Å². The van der Waals surface area contributed by atoms with Crippen molar-refractivity contribution in [1.29, 1.82) is 0 Å². The number of rotatable bonds is 5. The molecule has 1 heterocycles. The number of aliphatic hydroxyl groups is 3. The van der Waals surface area contributed by atoms with E-state index in [4.69, 9.17) is 13.7 Å². The molecule has 3 aliphatic carbocycles. The first-order chi connectivity index (χ1) is 16.9. The highest BCUT2D eigenvalue weighted by molar-refractivity contribution is 7.80. The number of aryl methyl sites for hydroxylation is 1. The van der Waals surface area contributed by atoms with Crippen LogP contribution in [0.2, 0.25) is 0 Å². The quantitative estimate of drug-likeness (QED) is 0.326. The van der Waals surface area contributed by atoms with E-state index in [1.165, 1.54) is 0 Å². The Morgan fingerprint density at radius 3 is 2.56 bits per heavy atom. The van der Waals surface area contributed by atoms with Crippen LogP contribution in [0.3, 0.4) is 0 Å². The summed E-state index contributed by atoms with van der Waals surface area (Å²) >= 11 is 0. The summed E-state index contributed by atoms with van der Waals surface area (Å²) in [4.78, 5) is 11.2. The molecular weight excluding hydrogens is 496 g/mol. The maximum absolute atomic E-state index is 11.3. The zero-order valence-electron chi connectivity index (χ0n) is 19.7. The molecule has 3 N–H and O–H groups in total. The molecule has 10 atom stereocenters. The van der Waals surface area contributed by atoms with Gasteiger partial charge in [-0.2, -0.15) is 0 Å². The first kappa shape index (κ1) is 25.8. The Labute approximate surface area is 208 Å². The zero-order valence-corrected chi connectivity index (χ0v) is 20.5. The molecule has 200 valence electrons. The van der Waals surface area contributed by atoms with E-state index in [1.54, 1.807) is 6.07 Å². The topological polar surface area (TPSA) is 186 Å². The lowest BCUT2D eigenvalue weighted by Crippen LogP contribution is -2.63. The van der Waals surface area contributed by atoms with Crippen molar-refractivity contribution in [3.8, 4) is 5.75 Å². The first-order valence-electron chi connectivity index (χ1n) is 12.2. The minimum absolute atomic E-state index is 0.243. The number of carboxylic acid groups (broad SMARTS) is 1. The molecule has 1 saturated heterocycles. The van der Waals surface area contributed by atoms with E-state index in [1.807, 2.05) is 19.1 Å². The highest BCUT2D eigenvalue weighted by Gasteiger charge is 2.56. The molecule has 0 spiro atoms. The lowest BCUT2D eigenvalue weighted by Gasteiger charge is -2.50. The summed E-state index contributed by atoms with van der Waals surface area (Å²) in [6.07, 6.45) is -4.72. The van der Waals surface area contributed by atoms with E-state index in [0.29, 0.717) is 18.1 Å². The van der Waals surface area contributed by atoms with Gasteiger partial charge in [-0.15, -0.1) is 0 Å².